The molecule has 1 aliphatic carbocycles. The molecular formula is C23H40O4. The second kappa shape index (κ2) is 11.5. The SMILES string of the molecule is C/C=C/C1COC(CCC2COC(C3CCC(CCCC)CC3)OC2)OC1. The summed E-state index contributed by atoms with van der Waals surface area (Å²) in [5, 5.41) is 0. The van der Waals surface area contributed by atoms with Crippen LogP contribution in [0.2, 0.25) is 0 Å². The molecule has 3 fully saturated rings. The number of ether oxygens (including phenoxy) is 4. The highest BCUT2D eigenvalue weighted by atomic mass is 16.7. The molecule has 0 aromatic rings. The van der Waals surface area contributed by atoms with E-state index in [9.17, 15) is 0 Å². The zero-order valence-electron chi connectivity index (χ0n) is 17.4. The molecule has 156 valence electrons. The van der Waals surface area contributed by atoms with Gasteiger partial charge in [-0.25, -0.2) is 0 Å². The first-order chi connectivity index (χ1) is 13.3. The van der Waals surface area contributed by atoms with Crippen LogP contribution in [0.15, 0.2) is 12.2 Å². The van der Waals surface area contributed by atoms with Crippen LogP contribution in [-0.2, 0) is 18.9 Å². The van der Waals surface area contributed by atoms with Gasteiger partial charge in [-0.2, -0.15) is 0 Å². The van der Waals surface area contributed by atoms with Gasteiger partial charge in [-0.15, -0.1) is 0 Å². The van der Waals surface area contributed by atoms with E-state index in [-0.39, 0.29) is 12.6 Å². The Morgan fingerprint density at radius 1 is 0.778 bits per heavy atom. The molecular weight excluding hydrogens is 340 g/mol. The lowest BCUT2D eigenvalue weighted by atomic mass is 9.79. The van der Waals surface area contributed by atoms with Crippen molar-refractivity contribution in [2.45, 2.75) is 84.2 Å². The zero-order chi connectivity index (χ0) is 18.9. The van der Waals surface area contributed by atoms with Gasteiger partial charge in [0, 0.05) is 17.8 Å². The van der Waals surface area contributed by atoms with Gasteiger partial charge in [0.05, 0.1) is 26.4 Å². The van der Waals surface area contributed by atoms with E-state index in [2.05, 4.69) is 19.1 Å². The predicted molar refractivity (Wildman–Crippen MR) is 107 cm³/mol. The molecule has 0 unspecified atom stereocenters. The standard InChI is InChI=1S/C23H40O4/c1-3-5-7-18-8-11-21(12-9-18)23-26-16-20(17-27-23)10-13-22-24-14-19(6-4-2)15-25-22/h4,6,18-23H,3,5,7-17H2,1-2H3/b6-4+. The van der Waals surface area contributed by atoms with Crippen molar-refractivity contribution in [2.75, 3.05) is 26.4 Å². The third-order valence-corrected chi connectivity index (χ3v) is 6.50. The lowest BCUT2D eigenvalue weighted by Gasteiger charge is -2.38. The summed E-state index contributed by atoms with van der Waals surface area (Å²) in [4.78, 5) is 0. The fraction of sp³-hybridized carbons (Fsp3) is 0.913. The minimum atomic E-state index is -0.0531. The van der Waals surface area contributed by atoms with E-state index in [0.717, 1.165) is 45.2 Å². The van der Waals surface area contributed by atoms with Gasteiger partial charge in [-0.3, -0.25) is 0 Å². The molecule has 3 aliphatic rings. The van der Waals surface area contributed by atoms with Gasteiger partial charge in [0.25, 0.3) is 0 Å². The van der Waals surface area contributed by atoms with Crippen LogP contribution in [0.4, 0.5) is 0 Å². The van der Waals surface area contributed by atoms with Crippen molar-refractivity contribution in [3.05, 3.63) is 12.2 Å². The zero-order valence-corrected chi connectivity index (χ0v) is 17.4. The average molecular weight is 381 g/mol. The average Bonchev–Trinajstić information content (AvgIpc) is 2.73. The summed E-state index contributed by atoms with van der Waals surface area (Å²) in [6, 6.07) is 0. The van der Waals surface area contributed by atoms with Gasteiger partial charge in [0.2, 0.25) is 0 Å². The van der Waals surface area contributed by atoms with Crippen LogP contribution in [0.25, 0.3) is 0 Å². The molecule has 2 heterocycles. The van der Waals surface area contributed by atoms with E-state index in [1.807, 2.05) is 6.92 Å². The van der Waals surface area contributed by atoms with E-state index in [4.69, 9.17) is 18.9 Å². The Kier molecular flexibility index (Phi) is 9.11. The summed E-state index contributed by atoms with van der Waals surface area (Å²) < 4.78 is 23.9. The van der Waals surface area contributed by atoms with Crippen LogP contribution in [0, 0.1) is 23.7 Å². The molecule has 4 nitrogen and oxygen atoms in total. The highest BCUT2D eigenvalue weighted by Crippen LogP contribution is 2.36. The quantitative estimate of drug-likeness (QED) is 0.534. The fourth-order valence-electron chi connectivity index (χ4n) is 4.72. The van der Waals surface area contributed by atoms with Crippen molar-refractivity contribution in [2.24, 2.45) is 23.7 Å². The number of hydrogen-bond acceptors (Lipinski definition) is 4. The third-order valence-electron chi connectivity index (χ3n) is 6.50. The Balaban J connectivity index is 1.27. The maximum absolute atomic E-state index is 6.12. The lowest BCUT2D eigenvalue weighted by Crippen LogP contribution is -2.39. The van der Waals surface area contributed by atoms with Gasteiger partial charge >= 0.3 is 0 Å². The maximum Gasteiger partial charge on any atom is 0.160 e. The summed E-state index contributed by atoms with van der Waals surface area (Å²) in [5.74, 6) is 2.44. The Hall–Kier alpha value is -0.420. The summed E-state index contributed by atoms with van der Waals surface area (Å²) in [7, 11) is 0. The normalized spacial score (nSPS) is 38.3. The van der Waals surface area contributed by atoms with Crippen LogP contribution in [-0.4, -0.2) is 39.0 Å². The highest BCUT2D eigenvalue weighted by molar-refractivity contribution is 4.86. The van der Waals surface area contributed by atoms with E-state index >= 15 is 0 Å². The van der Waals surface area contributed by atoms with Crippen molar-refractivity contribution in [3.8, 4) is 0 Å². The van der Waals surface area contributed by atoms with E-state index < -0.39 is 0 Å². The van der Waals surface area contributed by atoms with E-state index in [1.165, 1.54) is 44.9 Å². The molecule has 0 atom stereocenters. The van der Waals surface area contributed by atoms with Gasteiger partial charge in [0.1, 0.15) is 0 Å². The molecule has 1 saturated carbocycles. The fourth-order valence-corrected chi connectivity index (χ4v) is 4.72. The second-order valence-corrected chi connectivity index (χ2v) is 8.78. The molecule has 27 heavy (non-hydrogen) atoms. The van der Waals surface area contributed by atoms with Crippen LogP contribution in [0.5, 0.6) is 0 Å². The minimum Gasteiger partial charge on any atom is -0.352 e. The van der Waals surface area contributed by atoms with Gasteiger partial charge in [0.15, 0.2) is 12.6 Å². The first-order valence-electron chi connectivity index (χ1n) is 11.4. The Morgan fingerprint density at radius 2 is 1.48 bits per heavy atom. The molecule has 0 aromatic heterocycles. The summed E-state index contributed by atoms with van der Waals surface area (Å²) in [5.41, 5.74) is 0. The van der Waals surface area contributed by atoms with Crippen molar-refractivity contribution >= 4 is 0 Å². The van der Waals surface area contributed by atoms with E-state index in [0.29, 0.717) is 17.8 Å². The predicted octanol–water partition coefficient (Wildman–Crippen LogP) is 5.32. The number of rotatable bonds is 8. The highest BCUT2D eigenvalue weighted by Gasteiger charge is 2.32. The molecule has 0 aromatic carbocycles. The number of unbranched alkanes of at least 4 members (excludes halogenated alkanes) is 1. The molecule has 2 aliphatic heterocycles. The number of allylic oxidation sites excluding steroid dienone is 1. The summed E-state index contributed by atoms with van der Waals surface area (Å²) >= 11 is 0. The Bertz CT molecular complexity index is 414. The second-order valence-electron chi connectivity index (χ2n) is 8.78. The van der Waals surface area contributed by atoms with Crippen LogP contribution < -0.4 is 0 Å². The molecule has 0 amide bonds. The maximum atomic E-state index is 6.12. The Labute approximate surface area is 166 Å². The summed E-state index contributed by atoms with van der Waals surface area (Å²) in [6.45, 7) is 7.54. The topological polar surface area (TPSA) is 36.9 Å². The third kappa shape index (κ3) is 6.85. The first kappa shape index (κ1) is 21.3. The van der Waals surface area contributed by atoms with Crippen molar-refractivity contribution in [3.63, 3.8) is 0 Å². The van der Waals surface area contributed by atoms with Crippen LogP contribution in [0.1, 0.15) is 71.6 Å². The molecule has 2 saturated heterocycles. The monoisotopic (exact) mass is 380 g/mol. The first-order valence-corrected chi connectivity index (χ1v) is 11.4. The molecule has 0 bridgehead atoms. The smallest absolute Gasteiger partial charge is 0.160 e. The van der Waals surface area contributed by atoms with E-state index in [1.54, 1.807) is 0 Å². The molecule has 0 spiro atoms. The van der Waals surface area contributed by atoms with Gasteiger partial charge in [-0.1, -0.05) is 38.3 Å². The number of hydrogen-bond donors (Lipinski definition) is 0. The molecule has 3 rings (SSSR count). The van der Waals surface area contributed by atoms with Crippen molar-refractivity contribution in [1.82, 2.24) is 0 Å². The van der Waals surface area contributed by atoms with Crippen molar-refractivity contribution < 1.29 is 18.9 Å². The molecule has 0 radical (unpaired) electrons. The Morgan fingerprint density at radius 3 is 2.11 bits per heavy atom. The largest absolute Gasteiger partial charge is 0.352 e. The van der Waals surface area contributed by atoms with Gasteiger partial charge in [-0.05, 0) is 51.4 Å². The van der Waals surface area contributed by atoms with Crippen LogP contribution in [0.3, 0.4) is 0 Å². The van der Waals surface area contributed by atoms with Crippen molar-refractivity contribution in [1.29, 1.82) is 0 Å². The summed E-state index contributed by atoms with van der Waals surface area (Å²) in [6.07, 6.45) is 15.6. The molecule has 0 N–H and O–H groups in total. The molecule has 4 heteroatoms. The minimum absolute atomic E-state index is 0.0390. The lowest BCUT2D eigenvalue weighted by molar-refractivity contribution is -0.235. The van der Waals surface area contributed by atoms with Gasteiger partial charge < -0.3 is 18.9 Å². The van der Waals surface area contributed by atoms with Crippen LogP contribution >= 0.6 is 0 Å².